The number of nitrogens with zero attached hydrogens (tertiary/aromatic N) is 1. The first-order valence-electron chi connectivity index (χ1n) is 8.70. The molecule has 6 heteroatoms. The number of halogens is 1. The lowest BCUT2D eigenvalue weighted by Crippen LogP contribution is -2.13. The van der Waals surface area contributed by atoms with Crippen LogP contribution in [-0.2, 0) is 12.8 Å². The van der Waals surface area contributed by atoms with Crippen molar-refractivity contribution in [3.63, 3.8) is 0 Å². The zero-order valence-electron chi connectivity index (χ0n) is 14.7. The summed E-state index contributed by atoms with van der Waals surface area (Å²) in [5.74, 6) is 0.477. The van der Waals surface area contributed by atoms with Gasteiger partial charge < -0.3 is 11.1 Å². The number of carbonyl (C=O) groups excluding carboxylic acids is 1. The SMILES string of the molecule is Cc1ccc(NC(=O)c2sc3nc4c(cc3c2N)CC(C)CC4)c(Br)c1. The Kier molecular flexibility index (Phi) is 4.49. The predicted octanol–water partition coefficient (Wildman–Crippen LogP) is 5.33. The van der Waals surface area contributed by atoms with Crippen molar-refractivity contribution in [3.05, 3.63) is 50.4 Å². The number of thiophene rings is 1. The summed E-state index contributed by atoms with van der Waals surface area (Å²) >= 11 is 4.87. The van der Waals surface area contributed by atoms with Gasteiger partial charge >= 0.3 is 0 Å². The summed E-state index contributed by atoms with van der Waals surface area (Å²) in [6, 6.07) is 7.96. The lowest BCUT2D eigenvalue weighted by molar-refractivity contribution is 0.103. The number of hydrogen-bond acceptors (Lipinski definition) is 4. The van der Waals surface area contributed by atoms with E-state index in [9.17, 15) is 4.79 Å². The van der Waals surface area contributed by atoms with Gasteiger partial charge in [-0.2, -0.15) is 0 Å². The van der Waals surface area contributed by atoms with Crippen LogP contribution in [0.5, 0.6) is 0 Å². The molecule has 26 heavy (non-hydrogen) atoms. The van der Waals surface area contributed by atoms with E-state index in [-0.39, 0.29) is 5.91 Å². The number of rotatable bonds is 2. The van der Waals surface area contributed by atoms with Crippen LogP contribution < -0.4 is 11.1 Å². The fourth-order valence-corrected chi connectivity index (χ4v) is 5.03. The standard InChI is InChI=1S/C20H20BrN3OS/c1-10-3-5-15-12(7-10)9-13-17(22)18(26-20(13)24-15)19(25)23-16-6-4-11(2)8-14(16)21/h4,6,8-10H,3,5,7,22H2,1-2H3,(H,23,25). The van der Waals surface area contributed by atoms with Crippen LogP contribution in [0.25, 0.3) is 10.2 Å². The van der Waals surface area contributed by atoms with E-state index in [2.05, 4.69) is 34.2 Å². The molecular weight excluding hydrogens is 410 g/mol. The van der Waals surface area contributed by atoms with Crippen LogP contribution in [0.4, 0.5) is 11.4 Å². The average molecular weight is 430 g/mol. The first-order valence-corrected chi connectivity index (χ1v) is 10.3. The molecule has 0 fully saturated rings. The number of aryl methyl sites for hydroxylation is 2. The van der Waals surface area contributed by atoms with Crippen LogP contribution >= 0.6 is 27.3 Å². The Labute approximate surface area is 164 Å². The number of benzene rings is 1. The first kappa shape index (κ1) is 17.5. The molecule has 4 nitrogen and oxygen atoms in total. The monoisotopic (exact) mass is 429 g/mol. The number of pyridine rings is 1. The maximum Gasteiger partial charge on any atom is 0.267 e. The van der Waals surface area contributed by atoms with E-state index in [1.807, 2.05) is 25.1 Å². The molecule has 0 saturated heterocycles. The maximum absolute atomic E-state index is 12.8. The van der Waals surface area contributed by atoms with Gasteiger partial charge in [-0.25, -0.2) is 4.98 Å². The molecule has 3 aromatic rings. The summed E-state index contributed by atoms with van der Waals surface area (Å²) in [7, 11) is 0. The molecule has 0 bridgehead atoms. The van der Waals surface area contributed by atoms with Gasteiger partial charge in [-0.05, 0) is 77.4 Å². The molecule has 0 radical (unpaired) electrons. The quantitative estimate of drug-likeness (QED) is 0.578. The van der Waals surface area contributed by atoms with Crippen LogP contribution in [0.15, 0.2) is 28.7 Å². The van der Waals surface area contributed by atoms with Gasteiger partial charge in [-0.15, -0.1) is 11.3 Å². The molecular formula is C20H20BrN3OS. The first-order chi connectivity index (χ1) is 12.4. The second-order valence-corrected chi connectivity index (χ2v) is 8.93. The smallest absolute Gasteiger partial charge is 0.267 e. The predicted molar refractivity (Wildman–Crippen MR) is 112 cm³/mol. The highest BCUT2D eigenvalue weighted by Crippen LogP contribution is 2.37. The zero-order valence-corrected chi connectivity index (χ0v) is 17.1. The minimum absolute atomic E-state index is 0.193. The Morgan fingerprint density at radius 2 is 2.19 bits per heavy atom. The number of nitrogens with one attached hydrogen (secondary N) is 1. The van der Waals surface area contributed by atoms with Gasteiger partial charge in [0.1, 0.15) is 9.71 Å². The van der Waals surface area contributed by atoms with E-state index in [1.54, 1.807) is 0 Å². The topological polar surface area (TPSA) is 68.0 Å². The third-order valence-corrected chi connectivity index (χ3v) is 6.68. The third kappa shape index (κ3) is 3.12. The number of fused-ring (bicyclic) bond motifs is 2. The van der Waals surface area contributed by atoms with Crippen molar-refractivity contribution in [1.82, 2.24) is 4.98 Å². The van der Waals surface area contributed by atoms with Gasteiger partial charge in [0, 0.05) is 15.6 Å². The minimum atomic E-state index is -0.193. The molecule has 1 aliphatic rings. The molecule has 0 aliphatic heterocycles. The lowest BCUT2D eigenvalue weighted by atomic mass is 9.87. The van der Waals surface area contributed by atoms with Crippen molar-refractivity contribution < 1.29 is 4.79 Å². The third-order valence-electron chi connectivity index (χ3n) is 4.91. The van der Waals surface area contributed by atoms with Crippen molar-refractivity contribution in [2.24, 2.45) is 5.92 Å². The Morgan fingerprint density at radius 3 is 2.96 bits per heavy atom. The van der Waals surface area contributed by atoms with Gasteiger partial charge in [-0.3, -0.25) is 4.79 Å². The van der Waals surface area contributed by atoms with E-state index in [1.165, 1.54) is 23.3 Å². The van der Waals surface area contributed by atoms with E-state index in [0.29, 0.717) is 16.5 Å². The van der Waals surface area contributed by atoms with Gasteiger partial charge in [0.15, 0.2) is 0 Å². The van der Waals surface area contributed by atoms with Crippen molar-refractivity contribution in [2.75, 3.05) is 11.1 Å². The number of nitrogen functional groups attached to an aromatic ring is 1. The molecule has 134 valence electrons. The largest absolute Gasteiger partial charge is 0.397 e. The molecule has 0 saturated carbocycles. The van der Waals surface area contributed by atoms with Gasteiger partial charge in [0.25, 0.3) is 5.91 Å². The summed E-state index contributed by atoms with van der Waals surface area (Å²) < 4.78 is 0.855. The molecule has 1 atom stereocenters. The molecule has 1 aliphatic carbocycles. The summed E-state index contributed by atoms with van der Waals surface area (Å²) in [5, 5.41) is 3.85. The van der Waals surface area contributed by atoms with Crippen LogP contribution in [0.2, 0.25) is 0 Å². The molecule has 1 unspecified atom stereocenters. The van der Waals surface area contributed by atoms with Crippen molar-refractivity contribution in [1.29, 1.82) is 0 Å². The van der Waals surface area contributed by atoms with Crippen LogP contribution in [0.1, 0.15) is 39.8 Å². The van der Waals surface area contributed by atoms with Crippen LogP contribution in [0, 0.1) is 12.8 Å². The minimum Gasteiger partial charge on any atom is -0.397 e. The maximum atomic E-state index is 12.8. The summed E-state index contributed by atoms with van der Waals surface area (Å²) in [4.78, 5) is 19.0. The number of carbonyl (C=O) groups is 1. The van der Waals surface area contributed by atoms with Crippen molar-refractivity contribution >= 4 is 54.8 Å². The Hall–Kier alpha value is -1.92. The average Bonchev–Trinajstić information content (AvgIpc) is 2.92. The van der Waals surface area contributed by atoms with Crippen molar-refractivity contribution in [3.8, 4) is 0 Å². The summed E-state index contributed by atoms with van der Waals surface area (Å²) in [5.41, 5.74) is 11.1. The highest BCUT2D eigenvalue weighted by atomic mass is 79.9. The fraction of sp³-hybridized carbons (Fsp3) is 0.300. The second kappa shape index (κ2) is 6.67. The van der Waals surface area contributed by atoms with E-state index >= 15 is 0 Å². The van der Waals surface area contributed by atoms with Gasteiger partial charge in [0.05, 0.1) is 11.4 Å². The number of hydrogen-bond donors (Lipinski definition) is 2. The number of anilines is 2. The molecule has 4 rings (SSSR count). The molecule has 2 aromatic heterocycles. The Balaban J connectivity index is 1.70. The van der Waals surface area contributed by atoms with Crippen LogP contribution in [0.3, 0.4) is 0 Å². The number of nitrogens with two attached hydrogens (primary N) is 1. The Bertz CT molecular complexity index is 1030. The second-order valence-electron chi connectivity index (χ2n) is 7.08. The van der Waals surface area contributed by atoms with E-state index in [0.717, 1.165) is 44.5 Å². The van der Waals surface area contributed by atoms with E-state index < -0.39 is 0 Å². The summed E-state index contributed by atoms with van der Waals surface area (Å²) in [6.07, 6.45) is 3.20. The van der Waals surface area contributed by atoms with Crippen molar-refractivity contribution in [2.45, 2.75) is 33.1 Å². The molecule has 2 heterocycles. The molecule has 1 amide bonds. The van der Waals surface area contributed by atoms with E-state index in [4.69, 9.17) is 10.7 Å². The van der Waals surface area contributed by atoms with Crippen LogP contribution in [-0.4, -0.2) is 10.9 Å². The normalized spacial score (nSPS) is 16.5. The highest BCUT2D eigenvalue weighted by Gasteiger charge is 2.22. The highest BCUT2D eigenvalue weighted by molar-refractivity contribution is 9.10. The van der Waals surface area contributed by atoms with Gasteiger partial charge in [-0.1, -0.05) is 13.0 Å². The Morgan fingerprint density at radius 1 is 1.38 bits per heavy atom. The number of amides is 1. The molecule has 1 aromatic carbocycles. The fourth-order valence-electron chi connectivity index (χ4n) is 3.44. The molecule has 3 N–H and O–H groups in total. The van der Waals surface area contributed by atoms with Gasteiger partial charge in [0.2, 0.25) is 0 Å². The number of aromatic nitrogens is 1. The zero-order chi connectivity index (χ0) is 18.4. The lowest BCUT2D eigenvalue weighted by Gasteiger charge is -2.20. The molecule has 0 spiro atoms. The summed E-state index contributed by atoms with van der Waals surface area (Å²) in [6.45, 7) is 4.27.